The van der Waals surface area contributed by atoms with Crippen molar-refractivity contribution in [2.75, 3.05) is 26.2 Å². The van der Waals surface area contributed by atoms with E-state index in [-0.39, 0.29) is 21.4 Å². The summed E-state index contributed by atoms with van der Waals surface area (Å²) in [6.07, 6.45) is 3.71. The minimum atomic E-state index is -3.74. The van der Waals surface area contributed by atoms with Crippen LogP contribution in [-0.2, 0) is 21.4 Å². The molecule has 0 saturated carbocycles. The summed E-state index contributed by atoms with van der Waals surface area (Å²) < 4.78 is 33.1. The zero-order valence-corrected chi connectivity index (χ0v) is 18.4. The van der Waals surface area contributed by atoms with Crippen LogP contribution in [-0.4, -0.2) is 44.9 Å². The molecule has 1 aliphatic rings. The van der Waals surface area contributed by atoms with Gasteiger partial charge in [0.25, 0.3) is 5.91 Å². The fourth-order valence-corrected chi connectivity index (χ4v) is 5.38. The third-order valence-electron chi connectivity index (χ3n) is 5.02. The van der Waals surface area contributed by atoms with Crippen LogP contribution in [0.25, 0.3) is 0 Å². The van der Waals surface area contributed by atoms with Crippen molar-refractivity contribution in [3.05, 3.63) is 64.7 Å². The lowest BCUT2D eigenvalue weighted by Gasteiger charge is -2.21. The number of benzene rings is 2. The minimum absolute atomic E-state index is 0.0148. The first-order valence-corrected chi connectivity index (χ1v) is 12.0. The lowest BCUT2D eigenvalue weighted by molar-refractivity contribution is 0.0900. The summed E-state index contributed by atoms with van der Waals surface area (Å²) in [5.41, 5.74) is 1.32. The summed E-state index contributed by atoms with van der Waals surface area (Å²) in [4.78, 5) is 12.5. The smallest absolute Gasteiger partial charge is 0.251 e. The van der Waals surface area contributed by atoms with Gasteiger partial charge in [0.2, 0.25) is 10.0 Å². The monoisotopic (exact) mass is 450 g/mol. The summed E-state index contributed by atoms with van der Waals surface area (Å²) in [5.74, 6) is -0.359. The normalized spacial score (nSPS) is 15.5. The average molecular weight is 451 g/mol. The number of hydrogen-bond donors (Lipinski definition) is 1. The highest BCUT2D eigenvalue weighted by atomic mass is 35.5. The van der Waals surface area contributed by atoms with Crippen LogP contribution in [0.15, 0.2) is 53.4 Å². The van der Waals surface area contributed by atoms with E-state index in [0.29, 0.717) is 32.8 Å². The number of hydrogen-bond acceptors (Lipinski definition) is 4. The van der Waals surface area contributed by atoms with Crippen molar-refractivity contribution in [1.29, 1.82) is 0 Å². The number of halogens is 1. The first-order valence-electron chi connectivity index (χ1n) is 10.2. The van der Waals surface area contributed by atoms with Crippen LogP contribution >= 0.6 is 11.6 Å². The van der Waals surface area contributed by atoms with Crippen LogP contribution in [0.5, 0.6) is 0 Å². The number of sulfonamides is 1. The molecule has 1 N–H and O–H groups in total. The predicted octanol–water partition coefficient (Wildman–Crippen LogP) is 3.85. The van der Waals surface area contributed by atoms with Crippen molar-refractivity contribution < 1.29 is 17.9 Å². The van der Waals surface area contributed by atoms with E-state index in [1.54, 1.807) is 0 Å². The van der Waals surface area contributed by atoms with Gasteiger partial charge in [-0.3, -0.25) is 4.79 Å². The first-order chi connectivity index (χ1) is 14.5. The number of rotatable bonds is 8. The molecule has 1 aliphatic heterocycles. The molecule has 1 fully saturated rings. The maximum absolute atomic E-state index is 13.1. The molecule has 1 amide bonds. The van der Waals surface area contributed by atoms with Crippen LogP contribution in [0, 0.1) is 0 Å². The molecular weight excluding hydrogens is 424 g/mol. The van der Waals surface area contributed by atoms with E-state index in [4.69, 9.17) is 16.3 Å². The molecule has 6 nitrogen and oxygen atoms in total. The molecule has 0 bridgehead atoms. The molecule has 1 saturated heterocycles. The van der Waals surface area contributed by atoms with Crippen molar-refractivity contribution in [3.63, 3.8) is 0 Å². The Kier molecular flexibility index (Phi) is 8.27. The van der Waals surface area contributed by atoms with Gasteiger partial charge in [-0.05, 0) is 36.6 Å². The van der Waals surface area contributed by atoms with Gasteiger partial charge in [0, 0.05) is 25.2 Å². The molecule has 0 aliphatic carbocycles. The molecule has 30 heavy (non-hydrogen) atoms. The Morgan fingerprint density at radius 2 is 1.73 bits per heavy atom. The Balaban J connectivity index is 1.59. The molecule has 162 valence electrons. The van der Waals surface area contributed by atoms with Gasteiger partial charge in [-0.1, -0.05) is 54.8 Å². The van der Waals surface area contributed by atoms with E-state index in [1.807, 2.05) is 30.3 Å². The Hall–Kier alpha value is -1.93. The summed E-state index contributed by atoms with van der Waals surface area (Å²) in [7, 11) is -3.74. The van der Waals surface area contributed by atoms with Gasteiger partial charge in [0.15, 0.2) is 0 Å². The second-order valence-electron chi connectivity index (χ2n) is 7.26. The Morgan fingerprint density at radius 3 is 2.43 bits per heavy atom. The second-order valence-corrected chi connectivity index (χ2v) is 9.57. The van der Waals surface area contributed by atoms with Gasteiger partial charge in [-0.15, -0.1) is 0 Å². The zero-order chi connectivity index (χ0) is 21.4. The SMILES string of the molecule is O=C(NCCOCc1ccccc1)c1ccc(Cl)c(S(=O)(=O)N2CCCCCC2)c1. The highest BCUT2D eigenvalue weighted by molar-refractivity contribution is 7.89. The number of amides is 1. The highest BCUT2D eigenvalue weighted by Gasteiger charge is 2.28. The number of carbonyl (C=O) groups is 1. The van der Waals surface area contributed by atoms with E-state index in [2.05, 4.69) is 5.32 Å². The highest BCUT2D eigenvalue weighted by Crippen LogP contribution is 2.27. The van der Waals surface area contributed by atoms with Crippen molar-refractivity contribution in [2.24, 2.45) is 0 Å². The molecular formula is C22H27ClN2O4S. The van der Waals surface area contributed by atoms with E-state index < -0.39 is 10.0 Å². The lowest BCUT2D eigenvalue weighted by Crippen LogP contribution is -2.32. The van der Waals surface area contributed by atoms with Gasteiger partial charge in [-0.25, -0.2) is 8.42 Å². The molecule has 0 radical (unpaired) electrons. The van der Waals surface area contributed by atoms with E-state index >= 15 is 0 Å². The summed E-state index contributed by atoms with van der Waals surface area (Å²) >= 11 is 6.19. The zero-order valence-electron chi connectivity index (χ0n) is 16.8. The largest absolute Gasteiger partial charge is 0.375 e. The number of ether oxygens (including phenoxy) is 1. The van der Waals surface area contributed by atoms with Gasteiger partial charge >= 0.3 is 0 Å². The molecule has 2 aromatic carbocycles. The van der Waals surface area contributed by atoms with Gasteiger partial charge < -0.3 is 10.1 Å². The van der Waals surface area contributed by atoms with Crippen molar-refractivity contribution in [3.8, 4) is 0 Å². The molecule has 0 atom stereocenters. The quantitative estimate of drug-likeness (QED) is 0.620. The minimum Gasteiger partial charge on any atom is -0.375 e. The molecule has 0 spiro atoms. The lowest BCUT2D eigenvalue weighted by atomic mass is 10.2. The maximum atomic E-state index is 13.1. The maximum Gasteiger partial charge on any atom is 0.251 e. The Morgan fingerprint density at radius 1 is 1.03 bits per heavy atom. The van der Waals surface area contributed by atoms with Gasteiger partial charge in [0.05, 0.1) is 18.2 Å². The van der Waals surface area contributed by atoms with Crippen LogP contribution in [0.2, 0.25) is 5.02 Å². The average Bonchev–Trinajstić information content (AvgIpc) is 3.04. The van der Waals surface area contributed by atoms with Gasteiger partial charge in [0.1, 0.15) is 4.90 Å². The second kappa shape index (κ2) is 10.9. The third kappa shape index (κ3) is 6.04. The standard InChI is InChI=1S/C22H27ClN2O4S/c23-20-11-10-19(16-21(20)30(27,28)25-13-6-1-2-7-14-25)22(26)24-12-15-29-17-18-8-4-3-5-9-18/h3-5,8-11,16H,1-2,6-7,12-15,17H2,(H,24,26). The third-order valence-corrected chi connectivity index (χ3v) is 7.40. The molecule has 3 rings (SSSR count). The Labute approximate surface area is 183 Å². The van der Waals surface area contributed by atoms with Crippen molar-refractivity contribution in [1.82, 2.24) is 9.62 Å². The molecule has 2 aromatic rings. The van der Waals surface area contributed by atoms with E-state index in [9.17, 15) is 13.2 Å². The number of nitrogens with zero attached hydrogens (tertiary/aromatic N) is 1. The Bertz CT molecular complexity index is 943. The topological polar surface area (TPSA) is 75.7 Å². The fourth-order valence-electron chi connectivity index (χ4n) is 3.37. The fraction of sp³-hybridized carbons (Fsp3) is 0.409. The van der Waals surface area contributed by atoms with Crippen molar-refractivity contribution in [2.45, 2.75) is 37.2 Å². The predicted molar refractivity (Wildman–Crippen MR) is 117 cm³/mol. The van der Waals surface area contributed by atoms with E-state index in [1.165, 1.54) is 22.5 Å². The number of carbonyl (C=O) groups excluding carboxylic acids is 1. The summed E-state index contributed by atoms with van der Waals surface area (Å²) in [6.45, 7) is 2.10. The molecule has 0 unspecified atom stereocenters. The van der Waals surface area contributed by atoms with Gasteiger partial charge in [-0.2, -0.15) is 4.31 Å². The molecule has 8 heteroatoms. The first kappa shape index (κ1) is 22.7. The van der Waals surface area contributed by atoms with Crippen LogP contribution < -0.4 is 5.32 Å². The summed E-state index contributed by atoms with van der Waals surface area (Å²) in [5, 5.41) is 2.88. The van der Waals surface area contributed by atoms with Crippen LogP contribution in [0.1, 0.15) is 41.6 Å². The van der Waals surface area contributed by atoms with Crippen molar-refractivity contribution >= 4 is 27.5 Å². The van der Waals surface area contributed by atoms with E-state index in [0.717, 1.165) is 31.2 Å². The molecule has 0 aromatic heterocycles. The van der Waals surface area contributed by atoms with Crippen LogP contribution in [0.4, 0.5) is 0 Å². The molecule has 1 heterocycles. The number of nitrogens with one attached hydrogen (secondary N) is 1. The summed E-state index contributed by atoms with van der Waals surface area (Å²) in [6, 6.07) is 14.1. The van der Waals surface area contributed by atoms with Crippen LogP contribution in [0.3, 0.4) is 0 Å².